The number of aliphatic hydroxyl groups excluding tert-OH is 2. The van der Waals surface area contributed by atoms with Crippen molar-refractivity contribution < 1.29 is 49.2 Å². The van der Waals surface area contributed by atoms with E-state index in [1.54, 1.807) is 14.1 Å². The van der Waals surface area contributed by atoms with Gasteiger partial charge in [-0.1, -0.05) is 139 Å². The number of aliphatic carboxylic acids is 2. The molecule has 2 amide bonds. The molecule has 12 rings (SSSR count). The van der Waals surface area contributed by atoms with E-state index in [1.165, 1.54) is 66.9 Å². The van der Waals surface area contributed by atoms with E-state index in [9.17, 15) is 39.0 Å². The molecule has 0 aromatic heterocycles. The molecule has 10 fully saturated rings. The zero-order valence-corrected chi connectivity index (χ0v) is 79.5. The quantitative estimate of drug-likeness (QED) is 0.166. The maximum Gasteiger partial charge on any atom is 0.310 e. The van der Waals surface area contributed by atoms with E-state index >= 15 is 0 Å². The van der Waals surface area contributed by atoms with Gasteiger partial charge in [-0.15, -0.1) is 0 Å². The predicted octanol–water partition coefficient (Wildman–Crippen LogP) is 12.3. The average molecular weight is 1640 g/mol. The Hall–Kier alpha value is -3.92. The fourth-order valence-corrected chi connectivity index (χ4v) is 18.8. The lowest BCUT2D eigenvalue weighted by molar-refractivity contribution is -0.154. The number of fused-ring (bicyclic) bond motifs is 2. The van der Waals surface area contributed by atoms with Crippen LogP contribution in [0.3, 0.4) is 0 Å². The molecule has 0 saturated carbocycles. The Morgan fingerprint density at radius 2 is 0.784 bits per heavy atom. The highest BCUT2D eigenvalue weighted by Gasteiger charge is 2.46. The van der Waals surface area contributed by atoms with Gasteiger partial charge in [0.2, 0.25) is 11.8 Å². The Labute approximate surface area is 709 Å². The van der Waals surface area contributed by atoms with Crippen LogP contribution < -0.4 is 5.32 Å². The molecular formula is C92H180N14O10. The van der Waals surface area contributed by atoms with Crippen molar-refractivity contribution in [1.82, 2.24) is 59.4 Å². The van der Waals surface area contributed by atoms with Crippen molar-refractivity contribution in [3.63, 3.8) is 0 Å². The van der Waals surface area contributed by atoms with Gasteiger partial charge in [0.15, 0.2) is 0 Å². The number of Topliss-reactive ketones (excluding diaryl/α,β-unsaturated/α-hetero) is 2. The Morgan fingerprint density at radius 3 is 1.19 bits per heavy atom. The molecule has 5 N–H and O–H groups in total. The van der Waals surface area contributed by atoms with E-state index in [1.807, 2.05) is 34.7 Å². The number of likely N-dealkylation sites (tertiary alicyclic amines) is 9. The van der Waals surface area contributed by atoms with Crippen LogP contribution >= 0.6 is 0 Å². The van der Waals surface area contributed by atoms with E-state index in [0.717, 1.165) is 174 Å². The number of carbonyl (C=O) groups excluding carboxylic acids is 4. The molecule has 10 saturated heterocycles. The van der Waals surface area contributed by atoms with E-state index in [0.29, 0.717) is 54.1 Å². The molecule has 0 aliphatic carbocycles. The topological polar surface area (TPSA) is 256 Å². The van der Waals surface area contributed by atoms with Gasteiger partial charge in [0, 0.05) is 201 Å². The number of carbonyl (C=O) groups is 6. The molecule has 0 aromatic rings. The van der Waals surface area contributed by atoms with Crippen molar-refractivity contribution >= 4 is 46.7 Å². The minimum absolute atomic E-state index is 0. The van der Waals surface area contributed by atoms with Crippen LogP contribution in [0.15, 0.2) is 10.2 Å². The number of rotatable bonds is 6. The van der Waals surface area contributed by atoms with Gasteiger partial charge in [0.05, 0.1) is 24.0 Å². The molecule has 0 aromatic carbocycles. The summed E-state index contributed by atoms with van der Waals surface area (Å²) in [5.41, 5.74) is 2.90. The summed E-state index contributed by atoms with van der Waals surface area (Å²) in [5.74, 6) is 2.36. The van der Waals surface area contributed by atoms with Gasteiger partial charge in [0.25, 0.3) is 0 Å². The maximum absolute atomic E-state index is 11.6. The first kappa shape index (κ1) is 108. The number of amides is 2. The molecule has 116 heavy (non-hydrogen) atoms. The number of hydrogen-bond donors (Lipinski definition) is 5. The number of hydrazone groups is 2. The van der Waals surface area contributed by atoms with Crippen LogP contribution in [-0.2, 0) is 28.8 Å². The summed E-state index contributed by atoms with van der Waals surface area (Å²) in [6, 6.07) is 0. The zero-order chi connectivity index (χ0) is 88.0. The van der Waals surface area contributed by atoms with Crippen molar-refractivity contribution in [1.29, 1.82) is 0 Å². The molecule has 24 heteroatoms. The summed E-state index contributed by atoms with van der Waals surface area (Å²) in [6.45, 7) is 63.9. The number of carboxylic acid groups (broad SMARTS) is 2. The third-order valence-electron chi connectivity index (χ3n) is 29.4. The highest BCUT2D eigenvalue weighted by atomic mass is 16.4. The van der Waals surface area contributed by atoms with Crippen molar-refractivity contribution in [3.05, 3.63) is 0 Å². The summed E-state index contributed by atoms with van der Waals surface area (Å²) in [6.07, 6.45) is 14.7. The lowest BCUT2D eigenvalue weighted by Gasteiger charge is -2.43. The lowest BCUT2D eigenvalue weighted by Crippen LogP contribution is -2.51. The first-order valence-corrected chi connectivity index (χ1v) is 44.3. The van der Waals surface area contributed by atoms with E-state index in [-0.39, 0.29) is 75.3 Å². The molecule has 13 unspecified atom stereocenters. The first-order valence-electron chi connectivity index (χ1n) is 44.3. The fraction of sp³-hybridized carbons (Fsp3) is 0.913. The number of hydrogen-bond acceptors (Lipinski definition) is 20. The van der Waals surface area contributed by atoms with Crippen molar-refractivity contribution in [3.8, 4) is 0 Å². The molecular weight excluding hydrogens is 1460 g/mol. The number of ketones is 2. The van der Waals surface area contributed by atoms with Gasteiger partial charge >= 0.3 is 11.9 Å². The smallest absolute Gasteiger partial charge is 0.310 e. The minimum Gasteiger partial charge on any atom is -0.481 e. The minimum atomic E-state index is -0.676. The molecule has 678 valence electrons. The summed E-state index contributed by atoms with van der Waals surface area (Å²) < 4.78 is 0. The third-order valence-corrected chi connectivity index (χ3v) is 29.4. The summed E-state index contributed by atoms with van der Waals surface area (Å²) >= 11 is 0. The lowest BCUT2D eigenvalue weighted by atomic mass is 9.71. The fourth-order valence-electron chi connectivity index (χ4n) is 18.8. The van der Waals surface area contributed by atoms with Gasteiger partial charge in [-0.25, -0.2) is 10.0 Å². The third kappa shape index (κ3) is 32.7. The molecule has 12 aliphatic heterocycles. The van der Waals surface area contributed by atoms with Crippen LogP contribution in [0, 0.1) is 77.8 Å². The molecule has 12 heterocycles. The predicted molar refractivity (Wildman–Crippen MR) is 480 cm³/mol. The second-order valence-electron chi connectivity index (χ2n) is 42.2. The largest absolute Gasteiger partial charge is 0.481 e. The Kier molecular flexibility index (Phi) is 43.4. The van der Waals surface area contributed by atoms with Crippen LogP contribution in [0.2, 0.25) is 0 Å². The van der Waals surface area contributed by atoms with E-state index in [4.69, 9.17) is 10.2 Å². The molecule has 12 aliphatic rings. The van der Waals surface area contributed by atoms with Crippen LogP contribution in [0.5, 0.6) is 0 Å². The Bertz CT molecular complexity index is 3060. The Balaban J connectivity index is 0.000000438. The molecule has 24 nitrogen and oxygen atoms in total. The van der Waals surface area contributed by atoms with Gasteiger partial charge in [-0.2, -0.15) is 10.2 Å². The van der Waals surface area contributed by atoms with Crippen LogP contribution in [0.25, 0.3) is 0 Å². The van der Waals surface area contributed by atoms with Gasteiger partial charge in [-0.05, 0) is 194 Å². The highest BCUT2D eigenvalue weighted by molar-refractivity contribution is 5.98. The summed E-state index contributed by atoms with van der Waals surface area (Å²) in [7, 11) is 22.4. The number of nitrogens with zero attached hydrogens (tertiary/aromatic N) is 13. The molecule has 0 spiro atoms. The molecule has 0 radical (unpaired) electrons. The van der Waals surface area contributed by atoms with Gasteiger partial charge < -0.3 is 69.8 Å². The normalized spacial score (nSPS) is 35.1. The van der Waals surface area contributed by atoms with Crippen LogP contribution in [0.1, 0.15) is 249 Å². The number of aliphatic hydroxyl groups is 2. The van der Waals surface area contributed by atoms with Crippen molar-refractivity contribution in [2.45, 2.75) is 261 Å². The van der Waals surface area contributed by atoms with Crippen molar-refractivity contribution in [2.75, 3.05) is 208 Å². The van der Waals surface area contributed by atoms with E-state index < -0.39 is 17.4 Å². The SMILES string of the molecule is C.CC1CCN(C)CC1(C)C.CC1CCN(C)CC1(C)C(=O)O.CC1CCN(C)CC1(C)CC(=O)O.CCC1(C)CN(C)CCC1=O.CCC1(C)CN(C)CCC1C.CCC1(C)CN(C)CCC1O.CN1CCC(=O)C(C)(C)C1.CN1CCC(O)C(C)(C)C1.CN1CCC2=NN(C)C(=O)CC2(C)C1.CN1N=C2CCNCC2(C)CC1=O. The maximum atomic E-state index is 11.6. The number of carboxylic acids is 2. The Morgan fingerprint density at radius 1 is 0.405 bits per heavy atom. The standard InChI is InChI=1S/C10H17N3O.C10H19NO2.C10H21N.C9H15N3O.C9H17NO2.C9H19NO.C9H17NO.C9H19N.C8H17NO.C8H15NO.CH4/c1-10-6-9(14)13(3)11-8(10)4-5-12(2)7-10;1-8-4-5-11(3)7-10(8,2)6-9(12)13;1-5-10(3)8-11(4)7-6-9(10)2;1-9-5-8(13)12(2)11-7(9)3-4-10-6-9;1-7-4-5-10(3)6-9(7,2)8(11)12;2*1-4-9(2)7-10(3)6-5-8(9)11;1-8-5-6-10(4)7-9(8,2)3;2*1-8(2)6-9(3)5-4-7(8)10;/h4-7H2,1-3H3;8H,4-7H2,1-3H3,(H,12,13);9H,5-8H2,1-4H3;10H,3-6H2,1-2H3;7H,4-6H2,1-3H3,(H,11,12);8,11H,4-7H2,1-3H3;4-7H2,1-3H3;8H,5-7H2,1-4H3;7,10H,4-6H2,1-3H3;4-6H2,1-3H3;1H4. The zero-order valence-electron chi connectivity index (χ0n) is 79.5. The van der Waals surface area contributed by atoms with Crippen molar-refractivity contribution in [2.24, 2.45) is 88.0 Å². The van der Waals surface area contributed by atoms with Gasteiger partial charge in [0.1, 0.15) is 11.6 Å². The van der Waals surface area contributed by atoms with Gasteiger partial charge in [-0.3, -0.25) is 28.8 Å². The second kappa shape index (κ2) is 46.5. The van der Waals surface area contributed by atoms with Crippen LogP contribution in [-0.4, -0.2) is 342 Å². The monoisotopic (exact) mass is 1640 g/mol. The molecule has 13 atom stereocenters. The molecule has 0 bridgehead atoms. The van der Waals surface area contributed by atoms with Crippen LogP contribution in [0.4, 0.5) is 0 Å². The highest BCUT2D eigenvalue weighted by Crippen LogP contribution is 2.41. The summed E-state index contributed by atoms with van der Waals surface area (Å²) in [4.78, 5) is 87.9. The average Bonchev–Trinajstić information content (AvgIpc) is 0.989. The number of nitrogens with one attached hydrogen (secondary N) is 1. The summed E-state index contributed by atoms with van der Waals surface area (Å²) in [5, 5.41) is 52.1. The first-order chi connectivity index (χ1) is 52.8. The number of piperidine rings is 10. The second-order valence-corrected chi connectivity index (χ2v) is 42.2. The van der Waals surface area contributed by atoms with E-state index in [2.05, 4.69) is 227 Å².